The van der Waals surface area contributed by atoms with Crippen LogP contribution in [0.25, 0.3) is 0 Å². The van der Waals surface area contributed by atoms with Crippen LogP contribution >= 0.6 is 0 Å². The van der Waals surface area contributed by atoms with E-state index in [1.165, 1.54) is 6.92 Å². The summed E-state index contributed by atoms with van der Waals surface area (Å²) in [4.78, 5) is 4.18. The fourth-order valence-electron chi connectivity index (χ4n) is 1.01. The Morgan fingerprint density at radius 1 is 1.24 bits per heavy atom. The molecule has 0 atom stereocenters. The number of ether oxygens (including phenoxy) is 1. The molecular formula is C9H22N2O5S. The fourth-order valence-corrected chi connectivity index (χ4v) is 1.30. The quantitative estimate of drug-likeness (QED) is 0.284. The Labute approximate surface area is 104 Å². The second kappa shape index (κ2) is 9.63. The summed E-state index contributed by atoms with van der Waals surface area (Å²) < 4.78 is 36.8. The number of nitrogens with zero attached hydrogens (tertiary/aromatic N) is 2. The lowest BCUT2D eigenvalue weighted by Gasteiger charge is -2.28. The van der Waals surface area contributed by atoms with Crippen LogP contribution in [0.1, 0.15) is 6.92 Å². The molecule has 17 heavy (non-hydrogen) atoms. The summed E-state index contributed by atoms with van der Waals surface area (Å²) in [6, 6.07) is 0. The lowest BCUT2D eigenvalue weighted by Crippen LogP contribution is -2.43. The van der Waals surface area contributed by atoms with Crippen LogP contribution in [0.2, 0.25) is 0 Å². The van der Waals surface area contributed by atoms with Crippen molar-refractivity contribution in [1.29, 1.82) is 0 Å². The van der Waals surface area contributed by atoms with Gasteiger partial charge in [-0.2, -0.15) is 4.74 Å². The molecule has 0 bridgehead atoms. The van der Waals surface area contributed by atoms with Gasteiger partial charge in [-0.15, -0.1) is 0 Å². The fraction of sp³-hybridized carbons (Fsp3) is 0.889. The van der Waals surface area contributed by atoms with Crippen LogP contribution in [0.3, 0.4) is 0 Å². The normalized spacial score (nSPS) is 11.8. The molecule has 0 unspecified atom stereocenters. The summed E-state index contributed by atoms with van der Waals surface area (Å²) in [5.41, 5.74) is 0. The van der Waals surface area contributed by atoms with Crippen molar-refractivity contribution in [3.63, 3.8) is 0 Å². The minimum absolute atomic E-state index is 0.0914. The molecule has 0 N–H and O–H groups in total. The van der Waals surface area contributed by atoms with Crippen LogP contribution in [0.5, 0.6) is 0 Å². The minimum Gasteiger partial charge on any atom is -0.726 e. The highest BCUT2D eigenvalue weighted by Gasteiger charge is 2.13. The molecule has 0 saturated heterocycles. The van der Waals surface area contributed by atoms with E-state index in [-0.39, 0.29) is 6.61 Å². The second-order valence-corrected chi connectivity index (χ2v) is 4.65. The van der Waals surface area contributed by atoms with Crippen LogP contribution in [-0.4, -0.2) is 70.3 Å². The standard InChI is InChI=1S/C7H17N2O.C2H6O4S/c1-8(2)7(6-10-5)9(3)4;1-2-6-7(3,4)5/h7H,5-6H2,1-4H3;2H2,1H3,(H,3,4,5)/q+1;/p-1. The molecule has 0 aromatic heterocycles. The first-order valence-electron chi connectivity index (χ1n) is 4.95. The van der Waals surface area contributed by atoms with Gasteiger partial charge in [-0.1, -0.05) is 0 Å². The Kier molecular flexibility index (Phi) is 10.7. The molecule has 0 aromatic rings. The summed E-state index contributed by atoms with van der Waals surface area (Å²) in [5.74, 6) is 0. The van der Waals surface area contributed by atoms with Crippen LogP contribution in [0.4, 0.5) is 0 Å². The van der Waals surface area contributed by atoms with E-state index in [0.29, 0.717) is 12.8 Å². The maximum atomic E-state index is 9.45. The first-order valence-corrected chi connectivity index (χ1v) is 6.29. The van der Waals surface area contributed by atoms with Crippen molar-refractivity contribution in [3.05, 3.63) is 7.11 Å². The topological polar surface area (TPSA) is 82.1 Å². The Morgan fingerprint density at radius 3 is 1.71 bits per heavy atom. The summed E-state index contributed by atoms with van der Waals surface area (Å²) in [6.45, 7) is 1.97. The Morgan fingerprint density at radius 2 is 1.65 bits per heavy atom. The largest absolute Gasteiger partial charge is 0.726 e. The number of rotatable bonds is 6. The summed E-state index contributed by atoms with van der Waals surface area (Å²) >= 11 is 0. The first kappa shape index (κ1) is 19.0. The average Bonchev–Trinajstić information content (AvgIpc) is 2.12. The molecule has 0 rings (SSSR count). The Hall–Kier alpha value is -0.380. The maximum Gasteiger partial charge on any atom is 0.217 e. The molecule has 8 heteroatoms. The molecule has 0 aliphatic heterocycles. The van der Waals surface area contributed by atoms with Crippen molar-refractivity contribution < 1.29 is 21.9 Å². The van der Waals surface area contributed by atoms with Gasteiger partial charge in [0.15, 0.2) is 0 Å². The van der Waals surface area contributed by atoms with Gasteiger partial charge < -0.3 is 4.55 Å². The van der Waals surface area contributed by atoms with E-state index in [0.717, 1.165) is 0 Å². The predicted molar refractivity (Wildman–Crippen MR) is 63.8 cm³/mol. The zero-order chi connectivity index (χ0) is 14.1. The highest BCUT2D eigenvalue weighted by Crippen LogP contribution is 1.96. The van der Waals surface area contributed by atoms with Gasteiger partial charge >= 0.3 is 0 Å². The lowest BCUT2D eigenvalue weighted by atomic mass is 10.4. The van der Waals surface area contributed by atoms with E-state index in [1.54, 1.807) is 0 Å². The maximum absolute atomic E-state index is 9.45. The summed E-state index contributed by atoms with van der Waals surface area (Å²) in [5, 5.41) is 0. The van der Waals surface area contributed by atoms with E-state index in [2.05, 4.69) is 21.1 Å². The molecule has 0 spiro atoms. The predicted octanol–water partition coefficient (Wildman–Crippen LogP) is -0.273. The zero-order valence-corrected chi connectivity index (χ0v) is 11.9. The third-order valence-corrected chi connectivity index (χ3v) is 2.25. The van der Waals surface area contributed by atoms with Gasteiger partial charge in [-0.3, -0.25) is 14.0 Å². The van der Waals surface area contributed by atoms with Crippen molar-refractivity contribution >= 4 is 10.4 Å². The van der Waals surface area contributed by atoms with Crippen LogP contribution < -0.4 is 0 Å². The molecule has 7 nitrogen and oxygen atoms in total. The molecule has 0 aromatic carbocycles. The second-order valence-electron chi connectivity index (χ2n) is 3.59. The van der Waals surface area contributed by atoms with E-state index in [4.69, 9.17) is 4.74 Å². The van der Waals surface area contributed by atoms with E-state index < -0.39 is 10.4 Å². The van der Waals surface area contributed by atoms with Gasteiger partial charge in [0.25, 0.3) is 0 Å². The number of hydrogen-bond donors (Lipinski definition) is 0. The lowest BCUT2D eigenvalue weighted by molar-refractivity contribution is 0.0541. The van der Waals surface area contributed by atoms with Crippen molar-refractivity contribution in [3.8, 4) is 0 Å². The van der Waals surface area contributed by atoms with Gasteiger partial charge in [0.1, 0.15) is 6.61 Å². The molecule has 104 valence electrons. The molecule has 0 aliphatic carbocycles. The van der Waals surface area contributed by atoms with Crippen LogP contribution in [-0.2, 0) is 19.3 Å². The molecule has 0 saturated carbocycles. The van der Waals surface area contributed by atoms with Gasteiger partial charge in [0.05, 0.1) is 12.8 Å². The molecule has 0 amide bonds. The minimum atomic E-state index is -4.42. The smallest absolute Gasteiger partial charge is 0.217 e. The van der Waals surface area contributed by atoms with Gasteiger partial charge in [0, 0.05) is 0 Å². The average molecular weight is 270 g/mol. The Balaban J connectivity index is 0. The Bertz CT molecular complexity index is 259. The first-order chi connectivity index (χ1) is 7.65. The van der Waals surface area contributed by atoms with E-state index in [1.807, 2.05) is 28.2 Å². The zero-order valence-electron chi connectivity index (χ0n) is 11.0. The van der Waals surface area contributed by atoms with Crippen molar-refractivity contribution in [2.24, 2.45) is 0 Å². The van der Waals surface area contributed by atoms with Gasteiger partial charge in [0.2, 0.25) is 17.5 Å². The summed E-state index contributed by atoms with van der Waals surface area (Å²) in [7, 11) is 6.98. The number of hydrogen-bond acceptors (Lipinski definition) is 7. The monoisotopic (exact) mass is 270 g/mol. The summed E-state index contributed by atoms with van der Waals surface area (Å²) in [6.07, 6.45) is 0.317. The van der Waals surface area contributed by atoms with Crippen molar-refractivity contribution in [2.75, 3.05) is 41.4 Å². The molecular weight excluding hydrogens is 248 g/mol. The van der Waals surface area contributed by atoms with Crippen molar-refractivity contribution in [2.45, 2.75) is 13.1 Å². The van der Waals surface area contributed by atoms with Crippen LogP contribution in [0, 0.1) is 7.11 Å². The molecule has 0 radical (unpaired) electrons. The molecule has 0 aliphatic rings. The highest BCUT2D eigenvalue weighted by atomic mass is 32.3. The third kappa shape index (κ3) is 13.6. The van der Waals surface area contributed by atoms with Gasteiger partial charge in [-0.25, -0.2) is 8.42 Å². The molecule has 0 heterocycles. The number of likely N-dealkylation sites (N-methyl/N-ethyl adjacent to an activating group) is 2. The van der Waals surface area contributed by atoms with E-state index in [9.17, 15) is 13.0 Å². The highest BCUT2D eigenvalue weighted by molar-refractivity contribution is 7.80. The van der Waals surface area contributed by atoms with Gasteiger partial charge in [-0.05, 0) is 35.1 Å². The SMILES string of the molecule is CCOS(=O)(=O)[O-].[CH2+]OCC(N(C)C)N(C)C. The van der Waals surface area contributed by atoms with Crippen LogP contribution in [0.15, 0.2) is 0 Å². The third-order valence-electron chi connectivity index (χ3n) is 1.72. The molecule has 0 fully saturated rings. The van der Waals surface area contributed by atoms with E-state index >= 15 is 0 Å². The van der Waals surface area contributed by atoms with Crippen molar-refractivity contribution in [1.82, 2.24) is 9.80 Å².